The molecule has 1 aromatic carbocycles. The molecule has 2 amide bonds. The van der Waals surface area contributed by atoms with Crippen molar-refractivity contribution < 1.29 is 19.1 Å². The van der Waals surface area contributed by atoms with Crippen LogP contribution in [-0.2, 0) is 9.59 Å². The summed E-state index contributed by atoms with van der Waals surface area (Å²) in [6.07, 6.45) is 2.34. The van der Waals surface area contributed by atoms with Gasteiger partial charge in [0.2, 0.25) is 11.8 Å². The lowest BCUT2D eigenvalue weighted by atomic mass is 10.0. The van der Waals surface area contributed by atoms with E-state index in [1.54, 1.807) is 4.90 Å². The third-order valence-electron chi connectivity index (χ3n) is 5.05. The fraction of sp³-hybridized carbons (Fsp3) is 0.579. The first kappa shape index (κ1) is 17.6. The van der Waals surface area contributed by atoms with E-state index in [4.69, 9.17) is 9.47 Å². The molecule has 2 aliphatic rings. The van der Waals surface area contributed by atoms with Crippen molar-refractivity contribution >= 4 is 17.5 Å². The normalized spacial score (nSPS) is 19.4. The van der Waals surface area contributed by atoms with Crippen LogP contribution in [0.4, 0.5) is 5.69 Å². The van der Waals surface area contributed by atoms with E-state index in [0.29, 0.717) is 43.7 Å². The summed E-state index contributed by atoms with van der Waals surface area (Å²) in [6, 6.07) is 5.48. The SMILES string of the molecule is CCC(CC)CNC(=O)C1CC(=O)N(c2ccc3c(c2)OCCO3)C1. The second kappa shape index (κ2) is 7.76. The second-order valence-corrected chi connectivity index (χ2v) is 6.66. The molecule has 1 unspecified atom stereocenters. The fourth-order valence-electron chi connectivity index (χ4n) is 3.30. The van der Waals surface area contributed by atoms with Gasteiger partial charge in [-0.2, -0.15) is 0 Å². The zero-order valence-corrected chi connectivity index (χ0v) is 14.9. The van der Waals surface area contributed by atoms with Crippen molar-refractivity contribution in [3.05, 3.63) is 18.2 Å². The van der Waals surface area contributed by atoms with Crippen LogP contribution >= 0.6 is 0 Å². The Bertz CT molecular complexity index is 642. The van der Waals surface area contributed by atoms with Gasteiger partial charge in [0.25, 0.3) is 0 Å². The van der Waals surface area contributed by atoms with E-state index in [1.165, 1.54) is 0 Å². The van der Waals surface area contributed by atoms with Crippen LogP contribution < -0.4 is 19.7 Å². The van der Waals surface area contributed by atoms with Gasteiger partial charge in [-0.05, 0) is 18.1 Å². The molecule has 0 bridgehead atoms. The molecule has 3 rings (SSSR count). The van der Waals surface area contributed by atoms with Gasteiger partial charge in [0.1, 0.15) is 13.2 Å². The minimum atomic E-state index is -0.296. The standard InChI is InChI=1S/C19H26N2O4/c1-3-13(4-2)11-20-19(23)14-9-18(22)21(12-14)15-5-6-16-17(10-15)25-8-7-24-16/h5-6,10,13-14H,3-4,7-9,11-12H2,1-2H3,(H,20,23). The van der Waals surface area contributed by atoms with Crippen molar-refractivity contribution in [1.82, 2.24) is 5.32 Å². The van der Waals surface area contributed by atoms with Gasteiger partial charge in [-0.15, -0.1) is 0 Å². The van der Waals surface area contributed by atoms with Gasteiger partial charge in [-0.25, -0.2) is 0 Å². The van der Waals surface area contributed by atoms with Gasteiger partial charge in [-0.1, -0.05) is 26.7 Å². The van der Waals surface area contributed by atoms with E-state index in [2.05, 4.69) is 19.2 Å². The molecular weight excluding hydrogens is 320 g/mol. The Kier molecular flexibility index (Phi) is 5.46. The van der Waals surface area contributed by atoms with Crippen LogP contribution in [0.5, 0.6) is 11.5 Å². The van der Waals surface area contributed by atoms with Gasteiger partial charge in [0, 0.05) is 31.3 Å². The van der Waals surface area contributed by atoms with Crippen molar-refractivity contribution in [2.75, 3.05) is 31.2 Å². The third kappa shape index (κ3) is 3.89. The molecule has 25 heavy (non-hydrogen) atoms. The molecule has 1 atom stereocenters. The quantitative estimate of drug-likeness (QED) is 0.859. The molecule has 2 heterocycles. The Labute approximate surface area is 148 Å². The number of amides is 2. The summed E-state index contributed by atoms with van der Waals surface area (Å²) in [5.74, 6) is 1.49. The number of benzene rings is 1. The molecule has 1 N–H and O–H groups in total. The van der Waals surface area contributed by atoms with Crippen LogP contribution in [0.15, 0.2) is 18.2 Å². The van der Waals surface area contributed by atoms with E-state index in [1.807, 2.05) is 18.2 Å². The molecule has 136 valence electrons. The number of hydrogen-bond acceptors (Lipinski definition) is 4. The van der Waals surface area contributed by atoms with Crippen molar-refractivity contribution in [3.63, 3.8) is 0 Å². The summed E-state index contributed by atoms with van der Waals surface area (Å²) in [4.78, 5) is 26.5. The first-order valence-electron chi connectivity index (χ1n) is 9.10. The van der Waals surface area contributed by atoms with Gasteiger partial charge < -0.3 is 19.7 Å². The number of hydrogen-bond donors (Lipinski definition) is 1. The van der Waals surface area contributed by atoms with Crippen LogP contribution in [0.1, 0.15) is 33.1 Å². The Morgan fingerprint density at radius 3 is 2.68 bits per heavy atom. The molecule has 1 fully saturated rings. The minimum Gasteiger partial charge on any atom is -0.486 e. The molecule has 0 aliphatic carbocycles. The highest BCUT2D eigenvalue weighted by atomic mass is 16.6. The predicted octanol–water partition coefficient (Wildman–Crippen LogP) is 2.36. The van der Waals surface area contributed by atoms with Gasteiger partial charge in [0.05, 0.1) is 5.92 Å². The molecule has 0 radical (unpaired) electrons. The summed E-state index contributed by atoms with van der Waals surface area (Å²) in [5, 5.41) is 3.01. The smallest absolute Gasteiger partial charge is 0.227 e. The van der Waals surface area contributed by atoms with E-state index < -0.39 is 0 Å². The summed E-state index contributed by atoms with van der Waals surface area (Å²) in [7, 11) is 0. The lowest BCUT2D eigenvalue weighted by Crippen LogP contribution is -2.35. The van der Waals surface area contributed by atoms with E-state index in [0.717, 1.165) is 18.5 Å². The largest absolute Gasteiger partial charge is 0.486 e. The molecule has 0 saturated carbocycles. The van der Waals surface area contributed by atoms with Crippen LogP contribution in [-0.4, -0.2) is 38.1 Å². The average Bonchev–Trinajstić information content (AvgIpc) is 3.04. The number of nitrogens with one attached hydrogen (secondary N) is 1. The lowest BCUT2D eigenvalue weighted by Gasteiger charge is -2.22. The topological polar surface area (TPSA) is 67.9 Å². The number of rotatable bonds is 6. The van der Waals surface area contributed by atoms with Gasteiger partial charge in [-0.3, -0.25) is 9.59 Å². The maximum absolute atomic E-state index is 12.4. The molecule has 6 heteroatoms. The highest BCUT2D eigenvalue weighted by molar-refractivity contribution is 6.00. The van der Waals surface area contributed by atoms with Gasteiger partial charge >= 0.3 is 0 Å². The predicted molar refractivity (Wildman–Crippen MR) is 95.0 cm³/mol. The van der Waals surface area contributed by atoms with E-state index in [-0.39, 0.29) is 24.2 Å². The van der Waals surface area contributed by atoms with Crippen LogP contribution in [0.3, 0.4) is 0 Å². The second-order valence-electron chi connectivity index (χ2n) is 6.66. The molecule has 6 nitrogen and oxygen atoms in total. The number of fused-ring (bicyclic) bond motifs is 1. The number of carbonyl (C=O) groups is 2. The summed E-state index contributed by atoms with van der Waals surface area (Å²) in [6.45, 7) is 6.39. The Morgan fingerprint density at radius 2 is 1.96 bits per heavy atom. The lowest BCUT2D eigenvalue weighted by molar-refractivity contribution is -0.126. The highest BCUT2D eigenvalue weighted by Crippen LogP contribution is 2.35. The fourth-order valence-corrected chi connectivity index (χ4v) is 3.30. The van der Waals surface area contributed by atoms with Crippen molar-refractivity contribution in [2.45, 2.75) is 33.1 Å². The number of ether oxygens (including phenoxy) is 2. The van der Waals surface area contributed by atoms with Crippen molar-refractivity contribution in [1.29, 1.82) is 0 Å². The Hall–Kier alpha value is -2.24. The molecule has 1 aromatic rings. The van der Waals surface area contributed by atoms with Gasteiger partial charge in [0.15, 0.2) is 11.5 Å². The molecule has 0 aromatic heterocycles. The number of anilines is 1. The molecular formula is C19H26N2O4. The van der Waals surface area contributed by atoms with Crippen molar-refractivity contribution in [3.8, 4) is 11.5 Å². The Balaban J connectivity index is 1.63. The Morgan fingerprint density at radius 1 is 1.24 bits per heavy atom. The maximum Gasteiger partial charge on any atom is 0.227 e. The highest BCUT2D eigenvalue weighted by Gasteiger charge is 2.35. The van der Waals surface area contributed by atoms with Crippen LogP contribution in [0, 0.1) is 11.8 Å². The zero-order chi connectivity index (χ0) is 17.8. The van der Waals surface area contributed by atoms with Crippen LogP contribution in [0.2, 0.25) is 0 Å². The van der Waals surface area contributed by atoms with E-state index >= 15 is 0 Å². The first-order valence-corrected chi connectivity index (χ1v) is 9.10. The number of nitrogens with zero attached hydrogens (tertiary/aromatic N) is 1. The first-order chi connectivity index (χ1) is 12.1. The summed E-state index contributed by atoms with van der Waals surface area (Å²) in [5.41, 5.74) is 0.754. The monoisotopic (exact) mass is 346 g/mol. The maximum atomic E-state index is 12.4. The van der Waals surface area contributed by atoms with Crippen LogP contribution in [0.25, 0.3) is 0 Å². The third-order valence-corrected chi connectivity index (χ3v) is 5.05. The number of carbonyl (C=O) groups excluding carboxylic acids is 2. The molecule has 0 spiro atoms. The minimum absolute atomic E-state index is 0.0275. The van der Waals surface area contributed by atoms with Crippen molar-refractivity contribution in [2.24, 2.45) is 11.8 Å². The average molecular weight is 346 g/mol. The zero-order valence-electron chi connectivity index (χ0n) is 14.9. The van der Waals surface area contributed by atoms with E-state index in [9.17, 15) is 9.59 Å². The summed E-state index contributed by atoms with van der Waals surface area (Å²) >= 11 is 0. The molecule has 1 saturated heterocycles. The summed E-state index contributed by atoms with van der Waals surface area (Å²) < 4.78 is 11.1. The molecule has 2 aliphatic heterocycles.